The van der Waals surface area contributed by atoms with E-state index in [0.29, 0.717) is 4.88 Å². The van der Waals surface area contributed by atoms with Gasteiger partial charge in [0.2, 0.25) is 0 Å². The lowest BCUT2D eigenvalue weighted by Crippen LogP contribution is -2.38. The van der Waals surface area contributed by atoms with E-state index >= 15 is 0 Å². The van der Waals surface area contributed by atoms with Gasteiger partial charge in [-0.2, -0.15) is 0 Å². The van der Waals surface area contributed by atoms with Crippen molar-refractivity contribution in [3.63, 3.8) is 0 Å². The van der Waals surface area contributed by atoms with Crippen LogP contribution >= 0.6 is 11.3 Å². The van der Waals surface area contributed by atoms with Gasteiger partial charge in [0, 0.05) is 18.0 Å². The molecule has 2 rings (SSSR count). The highest BCUT2D eigenvalue weighted by Crippen LogP contribution is 2.25. The van der Waals surface area contributed by atoms with Gasteiger partial charge in [0.25, 0.3) is 0 Å². The number of piperidine rings is 1. The van der Waals surface area contributed by atoms with Crippen molar-refractivity contribution in [3.8, 4) is 0 Å². The van der Waals surface area contributed by atoms with Gasteiger partial charge in [0.1, 0.15) is 4.88 Å². The van der Waals surface area contributed by atoms with Crippen LogP contribution in [0, 0.1) is 12.8 Å². The summed E-state index contributed by atoms with van der Waals surface area (Å²) in [4.78, 5) is 15.0. The molecule has 1 aliphatic heterocycles. The van der Waals surface area contributed by atoms with E-state index in [2.05, 4.69) is 10.2 Å². The Balaban J connectivity index is 1.98. The Morgan fingerprint density at radius 3 is 3.05 bits per heavy atom. The fourth-order valence-electron chi connectivity index (χ4n) is 2.77. The maximum Gasteiger partial charge on any atom is 0.345 e. The number of aryl methyl sites for hydroxylation is 1. The van der Waals surface area contributed by atoms with E-state index in [1.54, 1.807) is 0 Å². The lowest BCUT2D eigenvalue weighted by Gasteiger charge is -2.32. The number of nitrogens with one attached hydrogen (secondary N) is 1. The number of carboxylic acids is 1. The topological polar surface area (TPSA) is 52.6 Å². The summed E-state index contributed by atoms with van der Waals surface area (Å²) in [5, 5.41) is 12.3. The highest BCUT2D eigenvalue weighted by atomic mass is 32.1. The van der Waals surface area contributed by atoms with Crippen molar-refractivity contribution in [3.05, 3.63) is 21.4 Å². The number of carboxylic acid groups (broad SMARTS) is 1. The number of aromatic carboxylic acids is 1. The van der Waals surface area contributed by atoms with Crippen molar-refractivity contribution in [2.75, 3.05) is 26.7 Å². The number of thiophene rings is 1. The van der Waals surface area contributed by atoms with Gasteiger partial charge in [0.15, 0.2) is 0 Å². The smallest absolute Gasteiger partial charge is 0.345 e. The van der Waals surface area contributed by atoms with Gasteiger partial charge >= 0.3 is 5.97 Å². The molecule has 2 heterocycles. The van der Waals surface area contributed by atoms with Gasteiger partial charge in [-0.25, -0.2) is 4.79 Å². The minimum atomic E-state index is -0.814. The molecule has 19 heavy (non-hydrogen) atoms. The molecule has 0 aliphatic carbocycles. The monoisotopic (exact) mass is 282 g/mol. The summed E-state index contributed by atoms with van der Waals surface area (Å²) in [7, 11) is 2.00. The molecule has 0 radical (unpaired) electrons. The first-order chi connectivity index (χ1) is 9.10. The Hall–Kier alpha value is -0.910. The standard InChI is InChI=1S/C14H22N2O2S/c1-10-12(6-13(19-10)14(17)18)9-16-5-3-4-11(8-16)7-15-2/h6,11,15H,3-5,7-9H2,1-2H3,(H,17,18). The van der Waals surface area contributed by atoms with Gasteiger partial charge in [0.05, 0.1) is 0 Å². The van der Waals surface area contributed by atoms with Crippen LogP contribution in [0.5, 0.6) is 0 Å². The van der Waals surface area contributed by atoms with E-state index in [9.17, 15) is 4.79 Å². The van der Waals surface area contributed by atoms with Crippen molar-refractivity contribution >= 4 is 17.3 Å². The van der Waals surface area contributed by atoms with Gasteiger partial charge in [-0.3, -0.25) is 4.90 Å². The lowest BCUT2D eigenvalue weighted by atomic mass is 9.97. The summed E-state index contributed by atoms with van der Waals surface area (Å²) in [5.74, 6) is -0.0947. The van der Waals surface area contributed by atoms with Crippen LogP contribution in [0.3, 0.4) is 0 Å². The molecule has 5 heteroatoms. The molecule has 0 aromatic carbocycles. The highest BCUT2D eigenvalue weighted by Gasteiger charge is 2.21. The van der Waals surface area contributed by atoms with Crippen molar-refractivity contribution in [1.82, 2.24) is 10.2 Å². The summed E-state index contributed by atoms with van der Waals surface area (Å²) in [5.41, 5.74) is 1.17. The molecule has 1 aromatic heterocycles. The zero-order chi connectivity index (χ0) is 13.8. The summed E-state index contributed by atoms with van der Waals surface area (Å²) in [6.45, 7) is 6.20. The number of nitrogens with zero attached hydrogens (tertiary/aromatic N) is 1. The molecule has 0 spiro atoms. The average molecular weight is 282 g/mol. The summed E-state index contributed by atoms with van der Waals surface area (Å²) < 4.78 is 0. The molecule has 1 unspecified atom stereocenters. The molecule has 1 atom stereocenters. The molecular weight excluding hydrogens is 260 g/mol. The van der Waals surface area contributed by atoms with Crippen LogP contribution < -0.4 is 5.32 Å². The van der Waals surface area contributed by atoms with E-state index in [4.69, 9.17) is 5.11 Å². The van der Waals surface area contributed by atoms with E-state index < -0.39 is 5.97 Å². The van der Waals surface area contributed by atoms with Crippen molar-refractivity contribution in [1.29, 1.82) is 0 Å². The van der Waals surface area contributed by atoms with E-state index in [-0.39, 0.29) is 0 Å². The first-order valence-corrected chi connectivity index (χ1v) is 7.61. The SMILES string of the molecule is CNCC1CCCN(Cc2cc(C(=O)O)sc2C)C1. The normalized spacial score (nSPS) is 20.6. The zero-order valence-corrected chi connectivity index (χ0v) is 12.4. The minimum Gasteiger partial charge on any atom is -0.477 e. The van der Waals surface area contributed by atoms with E-state index in [1.165, 1.54) is 29.7 Å². The third kappa shape index (κ3) is 3.78. The van der Waals surface area contributed by atoms with Crippen LogP contribution in [0.4, 0.5) is 0 Å². The number of rotatable bonds is 5. The van der Waals surface area contributed by atoms with Crippen molar-refractivity contribution in [2.45, 2.75) is 26.3 Å². The Morgan fingerprint density at radius 2 is 2.42 bits per heavy atom. The predicted molar refractivity (Wildman–Crippen MR) is 77.9 cm³/mol. The fraction of sp³-hybridized carbons (Fsp3) is 0.643. The average Bonchev–Trinajstić information content (AvgIpc) is 2.72. The summed E-state index contributed by atoms with van der Waals surface area (Å²) in [6.07, 6.45) is 2.53. The number of hydrogen-bond donors (Lipinski definition) is 2. The molecule has 106 valence electrons. The molecule has 1 aliphatic rings. The molecule has 2 N–H and O–H groups in total. The summed E-state index contributed by atoms with van der Waals surface area (Å²) >= 11 is 1.38. The number of carbonyl (C=O) groups is 1. The number of likely N-dealkylation sites (tertiary alicyclic amines) is 1. The number of hydrogen-bond acceptors (Lipinski definition) is 4. The molecular formula is C14H22N2O2S. The van der Waals surface area contributed by atoms with Gasteiger partial charge in [-0.15, -0.1) is 11.3 Å². The Labute approximate surface area is 118 Å². The second-order valence-corrected chi connectivity index (χ2v) is 6.55. The largest absolute Gasteiger partial charge is 0.477 e. The minimum absolute atomic E-state index is 0.455. The Kier molecular flexibility index (Phi) is 4.96. The maximum absolute atomic E-state index is 11.0. The zero-order valence-electron chi connectivity index (χ0n) is 11.6. The third-order valence-electron chi connectivity index (χ3n) is 3.72. The highest BCUT2D eigenvalue weighted by molar-refractivity contribution is 7.14. The Bertz CT molecular complexity index is 443. The second-order valence-electron chi connectivity index (χ2n) is 5.30. The van der Waals surface area contributed by atoms with Crippen LogP contribution in [-0.4, -0.2) is 42.7 Å². The summed E-state index contributed by atoms with van der Waals surface area (Å²) in [6, 6.07) is 1.84. The predicted octanol–water partition coefficient (Wildman–Crippen LogP) is 2.19. The fourth-order valence-corrected chi connectivity index (χ4v) is 3.65. The van der Waals surface area contributed by atoms with Crippen LogP contribution in [0.15, 0.2) is 6.07 Å². The molecule has 1 saturated heterocycles. The molecule has 0 saturated carbocycles. The third-order valence-corrected chi connectivity index (χ3v) is 4.80. The molecule has 0 bridgehead atoms. The quantitative estimate of drug-likeness (QED) is 0.869. The first-order valence-electron chi connectivity index (χ1n) is 6.79. The van der Waals surface area contributed by atoms with E-state index in [1.807, 2.05) is 20.0 Å². The molecule has 1 aromatic rings. The van der Waals surface area contributed by atoms with Crippen molar-refractivity contribution in [2.24, 2.45) is 5.92 Å². The molecule has 1 fully saturated rings. The second kappa shape index (κ2) is 6.50. The Morgan fingerprint density at radius 1 is 1.63 bits per heavy atom. The van der Waals surface area contributed by atoms with Gasteiger partial charge < -0.3 is 10.4 Å². The molecule has 4 nitrogen and oxygen atoms in total. The van der Waals surface area contributed by atoms with Crippen LogP contribution in [0.25, 0.3) is 0 Å². The van der Waals surface area contributed by atoms with Crippen molar-refractivity contribution < 1.29 is 9.90 Å². The van der Waals surface area contributed by atoms with E-state index in [0.717, 1.165) is 37.0 Å². The molecule has 0 amide bonds. The van der Waals surface area contributed by atoms with Crippen LogP contribution in [0.1, 0.15) is 33.0 Å². The van der Waals surface area contributed by atoms with Crippen LogP contribution in [0.2, 0.25) is 0 Å². The first kappa shape index (κ1) is 14.5. The van der Waals surface area contributed by atoms with Crippen LogP contribution in [-0.2, 0) is 6.54 Å². The lowest BCUT2D eigenvalue weighted by molar-refractivity contribution is 0.0702. The van der Waals surface area contributed by atoms with Gasteiger partial charge in [-0.05, 0) is 57.5 Å². The van der Waals surface area contributed by atoms with Gasteiger partial charge in [-0.1, -0.05) is 0 Å². The maximum atomic E-state index is 11.0.